The van der Waals surface area contributed by atoms with E-state index in [9.17, 15) is 13.5 Å². The molecule has 15 heavy (non-hydrogen) atoms. The van der Waals surface area contributed by atoms with Gasteiger partial charge in [0.15, 0.2) is 9.84 Å². The second kappa shape index (κ2) is 3.18. The van der Waals surface area contributed by atoms with Gasteiger partial charge in [-0.1, -0.05) is 0 Å². The van der Waals surface area contributed by atoms with Crippen LogP contribution in [0.1, 0.15) is 12.0 Å². The molecule has 0 spiro atoms. The van der Waals surface area contributed by atoms with E-state index in [1.165, 1.54) is 12.4 Å². The minimum Gasteiger partial charge on any atom is -0.398 e. The molecule has 0 aliphatic carbocycles. The fraction of sp³-hybridized carbons (Fsp3) is 0.444. The van der Waals surface area contributed by atoms with E-state index in [1.807, 2.05) is 0 Å². The predicted octanol–water partition coefficient (Wildman–Crippen LogP) is -0.330. The van der Waals surface area contributed by atoms with E-state index >= 15 is 0 Å². The smallest absolute Gasteiger partial charge is 0.153 e. The lowest BCUT2D eigenvalue weighted by atomic mass is 9.94. The number of nitrogen functional groups attached to an aromatic ring is 1. The first-order chi connectivity index (χ1) is 6.93. The van der Waals surface area contributed by atoms with E-state index in [2.05, 4.69) is 4.98 Å². The van der Waals surface area contributed by atoms with Crippen LogP contribution in [0.5, 0.6) is 0 Å². The van der Waals surface area contributed by atoms with Crippen LogP contribution in [-0.2, 0) is 15.4 Å². The molecule has 1 aliphatic rings. The van der Waals surface area contributed by atoms with Crippen molar-refractivity contribution in [1.29, 1.82) is 0 Å². The number of hydrogen-bond donors (Lipinski definition) is 2. The molecule has 0 bridgehead atoms. The van der Waals surface area contributed by atoms with Crippen molar-refractivity contribution in [2.24, 2.45) is 0 Å². The van der Waals surface area contributed by atoms with Crippen molar-refractivity contribution in [3.8, 4) is 0 Å². The molecule has 1 aromatic heterocycles. The Morgan fingerprint density at radius 2 is 2.27 bits per heavy atom. The van der Waals surface area contributed by atoms with E-state index in [-0.39, 0.29) is 17.9 Å². The van der Waals surface area contributed by atoms with Crippen LogP contribution in [0, 0.1) is 0 Å². The van der Waals surface area contributed by atoms with Crippen molar-refractivity contribution >= 4 is 15.5 Å². The number of nitrogens with zero attached hydrogens (tertiary/aromatic N) is 1. The third-order valence-electron chi connectivity index (χ3n) is 2.64. The first-order valence-electron chi connectivity index (χ1n) is 4.56. The van der Waals surface area contributed by atoms with Crippen molar-refractivity contribution in [1.82, 2.24) is 4.98 Å². The summed E-state index contributed by atoms with van der Waals surface area (Å²) >= 11 is 0. The van der Waals surface area contributed by atoms with Gasteiger partial charge in [-0.05, 0) is 12.5 Å². The normalized spacial score (nSPS) is 29.1. The van der Waals surface area contributed by atoms with E-state index in [1.54, 1.807) is 6.07 Å². The Labute approximate surface area is 87.9 Å². The maximum Gasteiger partial charge on any atom is 0.153 e. The topological polar surface area (TPSA) is 93.3 Å². The lowest BCUT2D eigenvalue weighted by Gasteiger charge is -2.22. The number of rotatable bonds is 1. The van der Waals surface area contributed by atoms with Gasteiger partial charge in [-0.3, -0.25) is 4.98 Å². The molecular formula is C9H12N2O3S. The molecular weight excluding hydrogens is 216 g/mol. The highest BCUT2D eigenvalue weighted by Gasteiger charge is 2.43. The Morgan fingerprint density at radius 3 is 2.80 bits per heavy atom. The van der Waals surface area contributed by atoms with Gasteiger partial charge in [0.1, 0.15) is 5.60 Å². The molecule has 1 aliphatic heterocycles. The second-order valence-electron chi connectivity index (χ2n) is 3.84. The Hall–Kier alpha value is -1.14. The van der Waals surface area contributed by atoms with Gasteiger partial charge in [-0.15, -0.1) is 0 Å². The fourth-order valence-corrected chi connectivity index (χ4v) is 3.66. The zero-order valence-corrected chi connectivity index (χ0v) is 8.87. The van der Waals surface area contributed by atoms with Gasteiger partial charge in [0.25, 0.3) is 0 Å². The summed E-state index contributed by atoms with van der Waals surface area (Å²) in [7, 11) is -3.15. The average Bonchev–Trinajstić information content (AvgIpc) is 2.42. The second-order valence-corrected chi connectivity index (χ2v) is 6.02. The summed E-state index contributed by atoms with van der Waals surface area (Å²) in [4.78, 5) is 3.85. The van der Waals surface area contributed by atoms with Gasteiger partial charge in [-0.25, -0.2) is 8.42 Å². The number of pyridine rings is 1. The number of sulfone groups is 1. The van der Waals surface area contributed by atoms with Crippen molar-refractivity contribution in [3.63, 3.8) is 0 Å². The summed E-state index contributed by atoms with van der Waals surface area (Å²) in [6.45, 7) is 0. The van der Waals surface area contributed by atoms with Crippen LogP contribution in [0.4, 0.5) is 5.69 Å². The van der Waals surface area contributed by atoms with Crippen molar-refractivity contribution in [3.05, 3.63) is 24.0 Å². The molecule has 0 radical (unpaired) electrons. The molecule has 5 nitrogen and oxygen atoms in total. The first kappa shape index (κ1) is 10.4. The highest BCUT2D eigenvalue weighted by molar-refractivity contribution is 7.91. The molecule has 0 saturated carbocycles. The maximum absolute atomic E-state index is 11.3. The Morgan fingerprint density at radius 1 is 1.53 bits per heavy atom. The van der Waals surface area contributed by atoms with Crippen LogP contribution < -0.4 is 5.73 Å². The third-order valence-corrected chi connectivity index (χ3v) is 4.39. The monoisotopic (exact) mass is 228 g/mol. The molecule has 1 fully saturated rings. The van der Waals surface area contributed by atoms with Crippen LogP contribution in [0.15, 0.2) is 18.5 Å². The standard InChI is InChI=1S/C9H12N2O3S/c10-8-1-3-11-5-7(8)9(12)2-4-15(13,14)6-9/h1,3,5,12H,2,4,6H2,(H2,10,11). The molecule has 2 heterocycles. The molecule has 1 unspecified atom stereocenters. The Kier molecular flexibility index (Phi) is 2.20. The van der Waals surface area contributed by atoms with Gasteiger partial charge in [0.2, 0.25) is 0 Å². The van der Waals surface area contributed by atoms with Gasteiger partial charge >= 0.3 is 0 Å². The summed E-state index contributed by atoms with van der Waals surface area (Å²) in [5.74, 6) is -0.270. The quantitative estimate of drug-likeness (QED) is 0.686. The number of aromatic nitrogens is 1. The first-order valence-corrected chi connectivity index (χ1v) is 6.38. The van der Waals surface area contributed by atoms with E-state index < -0.39 is 15.4 Å². The van der Waals surface area contributed by atoms with Crippen molar-refractivity contribution < 1.29 is 13.5 Å². The predicted molar refractivity (Wildman–Crippen MR) is 55.8 cm³/mol. The van der Waals surface area contributed by atoms with Crippen molar-refractivity contribution in [2.75, 3.05) is 17.2 Å². The van der Waals surface area contributed by atoms with Gasteiger partial charge in [0.05, 0.1) is 11.5 Å². The minimum atomic E-state index is -3.15. The summed E-state index contributed by atoms with van der Waals surface area (Å²) < 4.78 is 22.6. The molecule has 1 aromatic rings. The molecule has 2 rings (SSSR count). The molecule has 1 atom stereocenters. The van der Waals surface area contributed by atoms with Crippen molar-refractivity contribution in [2.45, 2.75) is 12.0 Å². The van der Waals surface area contributed by atoms with Gasteiger partial charge < -0.3 is 10.8 Å². The lowest BCUT2D eigenvalue weighted by Crippen LogP contribution is -2.28. The third kappa shape index (κ3) is 1.82. The van der Waals surface area contributed by atoms with Gasteiger partial charge in [-0.2, -0.15) is 0 Å². The zero-order chi connectivity index (χ0) is 11.1. The minimum absolute atomic E-state index is 0.00215. The number of anilines is 1. The van der Waals surface area contributed by atoms with Gasteiger partial charge in [0, 0.05) is 23.6 Å². The lowest BCUT2D eigenvalue weighted by molar-refractivity contribution is 0.0657. The maximum atomic E-state index is 11.3. The highest BCUT2D eigenvalue weighted by atomic mass is 32.2. The van der Waals surface area contributed by atoms with Crippen LogP contribution >= 0.6 is 0 Å². The molecule has 0 amide bonds. The van der Waals surface area contributed by atoms with Crippen LogP contribution in [0.3, 0.4) is 0 Å². The number of nitrogens with two attached hydrogens (primary N) is 1. The van der Waals surface area contributed by atoms with Crippen LogP contribution in [-0.4, -0.2) is 30.0 Å². The molecule has 1 saturated heterocycles. The summed E-state index contributed by atoms with van der Waals surface area (Å²) in [6.07, 6.45) is 3.12. The number of hydrogen-bond acceptors (Lipinski definition) is 5. The molecule has 3 N–H and O–H groups in total. The summed E-state index contributed by atoms with van der Waals surface area (Å²) in [5, 5.41) is 10.2. The summed E-state index contributed by atoms with van der Waals surface area (Å²) in [6, 6.07) is 1.55. The molecule has 0 aromatic carbocycles. The summed E-state index contributed by atoms with van der Waals surface area (Å²) in [5.41, 5.74) is 5.10. The Balaban J connectivity index is 2.44. The van der Waals surface area contributed by atoms with Crippen LogP contribution in [0.25, 0.3) is 0 Å². The van der Waals surface area contributed by atoms with E-state index in [0.717, 1.165) is 0 Å². The average molecular weight is 228 g/mol. The SMILES string of the molecule is Nc1ccncc1C1(O)CCS(=O)(=O)C1. The fourth-order valence-electron chi connectivity index (χ4n) is 1.84. The largest absolute Gasteiger partial charge is 0.398 e. The Bertz CT molecular complexity index is 486. The zero-order valence-electron chi connectivity index (χ0n) is 8.05. The highest BCUT2D eigenvalue weighted by Crippen LogP contribution is 2.35. The van der Waals surface area contributed by atoms with Crippen LogP contribution in [0.2, 0.25) is 0 Å². The van der Waals surface area contributed by atoms with E-state index in [0.29, 0.717) is 11.3 Å². The number of aliphatic hydroxyl groups is 1. The molecule has 82 valence electrons. The molecule has 6 heteroatoms. The van der Waals surface area contributed by atoms with E-state index in [4.69, 9.17) is 5.73 Å².